The number of aryl methyl sites for hydroxylation is 1. The van der Waals surface area contributed by atoms with E-state index in [1.54, 1.807) is 23.7 Å². The lowest BCUT2D eigenvalue weighted by Gasteiger charge is -2.00. The third-order valence-corrected chi connectivity index (χ3v) is 4.32. The quantitative estimate of drug-likeness (QED) is 0.682. The van der Waals surface area contributed by atoms with Crippen LogP contribution in [0.3, 0.4) is 0 Å². The summed E-state index contributed by atoms with van der Waals surface area (Å²) in [5.41, 5.74) is 4.03. The number of hydrogen-bond acceptors (Lipinski definition) is 3. The third-order valence-electron chi connectivity index (χ3n) is 3.15. The van der Waals surface area contributed by atoms with E-state index in [4.69, 9.17) is 5.26 Å². The van der Waals surface area contributed by atoms with Crippen molar-refractivity contribution in [2.45, 2.75) is 6.92 Å². The molecule has 0 aliphatic carbocycles. The van der Waals surface area contributed by atoms with Gasteiger partial charge in [0, 0.05) is 27.7 Å². The van der Waals surface area contributed by atoms with E-state index >= 15 is 0 Å². The Morgan fingerprint density at radius 2 is 1.75 bits per heavy atom. The van der Waals surface area contributed by atoms with Crippen LogP contribution in [0, 0.1) is 18.3 Å². The molecule has 2 nitrogen and oxygen atoms in total. The van der Waals surface area contributed by atoms with E-state index in [1.165, 1.54) is 16.0 Å². The average molecular weight is 276 g/mol. The van der Waals surface area contributed by atoms with Gasteiger partial charge in [0.1, 0.15) is 6.07 Å². The molecule has 96 valence electrons. The second-order valence-electron chi connectivity index (χ2n) is 4.56. The molecule has 2 heterocycles. The monoisotopic (exact) mass is 276 g/mol. The molecule has 20 heavy (non-hydrogen) atoms. The van der Waals surface area contributed by atoms with Gasteiger partial charge in [0.05, 0.1) is 5.56 Å². The van der Waals surface area contributed by atoms with Crippen LogP contribution >= 0.6 is 11.3 Å². The largest absolute Gasteiger partial charge is 0.263 e. The predicted molar refractivity (Wildman–Crippen MR) is 82.4 cm³/mol. The lowest BCUT2D eigenvalue weighted by Crippen LogP contribution is -1.82. The number of rotatable bonds is 2. The van der Waals surface area contributed by atoms with Gasteiger partial charge in [-0.1, -0.05) is 29.8 Å². The van der Waals surface area contributed by atoms with Crippen molar-refractivity contribution in [2.24, 2.45) is 0 Å². The highest BCUT2D eigenvalue weighted by molar-refractivity contribution is 7.18. The summed E-state index contributed by atoms with van der Waals surface area (Å²) in [7, 11) is 0. The van der Waals surface area contributed by atoms with Crippen molar-refractivity contribution in [1.29, 1.82) is 5.26 Å². The van der Waals surface area contributed by atoms with E-state index < -0.39 is 0 Å². The summed E-state index contributed by atoms with van der Waals surface area (Å²) in [4.78, 5) is 6.30. The first kappa shape index (κ1) is 12.6. The molecule has 0 N–H and O–H groups in total. The molecule has 0 aliphatic rings. The van der Waals surface area contributed by atoms with Gasteiger partial charge in [-0.3, -0.25) is 4.98 Å². The Bertz CT molecular complexity index is 779. The van der Waals surface area contributed by atoms with Crippen LogP contribution in [0.4, 0.5) is 0 Å². The summed E-state index contributed by atoms with van der Waals surface area (Å²) in [6.45, 7) is 2.08. The van der Waals surface area contributed by atoms with E-state index in [2.05, 4.69) is 54.4 Å². The zero-order valence-electron chi connectivity index (χ0n) is 11.0. The van der Waals surface area contributed by atoms with Gasteiger partial charge in [0.25, 0.3) is 0 Å². The lowest BCUT2D eigenvalue weighted by atomic mass is 10.1. The SMILES string of the molecule is Cc1ccc(-c2ccc(-c3ccncc3C#N)s2)cc1. The van der Waals surface area contributed by atoms with Crippen molar-refractivity contribution in [3.8, 4) is 27.0 Å². The Morgan fingerprint density at radius 1 is 1.00 bits per heavy atom. The highest BCUT2D eigenvalue weighted by atomic mass is 32.1. The number of nitriles is 1. The molecule has 1 aromatic carbocycles. The molecule has 0 saturated heterocycles. The topological polar surface area (TPSA) is 36.7 Å². The van der Waals surface area contributed by atoms with Gasteiger partial charge in [0.2, 0.25) is 0 Å². The van der Waals surface area contributed by atoms with Crippen molar-refractivity contribution in [2.75, 3.05) is 0 Å². The van der Waals surface area contributed by atoms with E-state index in [-0.39, 0.29) is 0 Å². The molecule has 0 unspecified atom stereocenters. The van der Waals surface area contributed by atoms with Crippen LogP contribution in [0.2, 0.25) is 0 Å². The fraction of sp³-hybridized carbons (Fsp3) is 0.0588. The van der Waals surface area contributed by atoms with Crippen LogP contribution in [-0.4, -0.2) is 4.98 Å². The molecule has 0 atom stereocenters. The van der Waals surface area contributed by atoms with Gasteiger partial charge in [-0.15, -0.1) is 11.3 Å². The van der Waals surface area contributed by atoms with E-state index in [0.29, 0.717) is 5.56 Å². The zero-order chi connectivity index (χ0) is 13.9. The van der Waals surface area contributed by atoms with Crippen LogP contribution < -0.4 is 0 Å². The highest BCUT2D eigenvalue weighted by Gasteiger charge is 2.08. The maximum Gasteiger partial charge on any atom is 0.101 e. The molecule has 3 heteroatoms. The van der Waals surface area contributed by atoms with Crippen LogP contribution in [0.15, 0.2) is 54.9 Å². The van der Waals surface area contributed by atoms with Crippen LogP contribution in [-0.2, 0) is 0 Å². The Labute approximate surface area is 122 Å². The Morgan fingerprint density at radius 3 is 2.50 bits per heavy atom. The summed E-state index contributed by atoms with van der Waals surface area (Å²) in [5.74, 6) is 0. The number of pyridine rings is 1. The summed E-state index contributed by atoms with van der Waals surface area (Å²) < 4.78 is 0. The molecule has 2 aromatic heterocycles. The molecular formula is C17H12N2S. The van der Waals surface area contributed by atoms with Gasteiger partial charge in [0.15, 0.2) is 0 Å². The van der Waals surface area contributed by atoms with Gasteiger partial charge >= 0.3 is 0 Å². The smallest absolute Gasteiger partial charge is 0.101 e. The second kappa shape index (κ2) is 5.28. The van der Waals surface area contributed by atoms with Crippen molar-refractivity contribution >= 4 is 11.3 Å². The van der Waals surface area contributed by atoms with Crippen LogP contribution in [0.5, 0.6) is 0 Å². The van der Waals surface area contributed by atoms with E-state index in [0.717, 1.165) is 10.4 Å². The minimum atomic E-state index is 0.616. The molecule has 3 aromatic rings. The van der Waals surface area contributed by atoms with Gasteiger partial charge in [-0.25, -0.2) is 0 Å². The first-order valence-electron chi connectivity index (χ1n) is 6.29. The van der Waals surface area contributed by atoms with Crippen LogP contribution in [0.1, 0.15) is 11.1 Å². The molecule has 3 rings (SSSR count). The Hall–Kier alpha value is -2.44. The number of hydrogen-bond donors (Lipinski definition) is 0. The highest BCUT2D eigenvalue weighted by Crippen LogP contribution is 2.35. The number of benzene rings is 1. The van der Waals surface area contributed by atoms with Crippen LogP contribution in [0.25, 0.3) is 20.9 Å². The molecule has 0 amide bonds. The molecule has 0 radical (unpaired) electrons. The zero-order valence-corrected chi connectivity index (χ0v) is 11.8. The summed E-state index contributed by atoms with van der Waals surface area (Å²) in [6.07, 6.45) is 3.34. The van der Waals surface area contributed by atoms with Crippen molar-refractivity contribution in [3.63, 3.8) is 0 Å². The van der Waals surface area contributed by atoms with E-state index in [1.807, 2.05) is 6.07 Å². The van der Waals surface area contributed by atoms with Gasteiger partial charge < -0.3 is 0 Å². The predicted octanol–water partition coefficient (Wildman–Crippen LogP) is 4.66. The second-order valence-corrected chi connectivity index (χ2v) is 5.65. The summed E-state index contributed by atoms with van der Waals surface area (Å²) >= 11 is 1.70. The normalized spacial score (nSPS) is 10.2. The fourth-order valence-electron chi connectivity index (χ4n) is 2.05. The molecule has 0 spiro atoms. The summed E-state index contributed by atoms with van der Waals surface area (Å²) in [6, 6.07) is 16.7. The molecule has 0 aliphatic heterocycles. The first-order valence-corrected chi connectivity index (χ1v) is 7.11. The Kier molecular flexibility index (Phi) is 3.32. The number of aromatic nitrogens is 1. The number of thiophene rings is 1. The average Bonchev–Trinajstić information content (AvgIpc) is 2.97. The van der Waals surface area contributed by atoms with Crippen molar-refractivity contribution < 1.29 is 0 Å². The maximum absolute atomic E-state index is 9.15. The van der Waals surface area contributed by atoms with Gasteiger partial charge in [-0.05, 0) is 30.7 Å². The maximum atomic E-state index is 9.15. The standard InChI is InChI=1S/C17H12N2S/c1-12-2-4-13(5-3-12)16-6-7-17(20-16)15-8-9-19-11-14(15)10-18/h2-9,11H,1H3. The summed E-state index contributed by atoms with van der Waals surface area (Å²) in [5, 5.41) is 9.15. The molecule has 0 bridgehead atoms. The minimum Gasteiger partial charge on any atom is -0.263 e. The fourth-order valence-corrected chi connectivity index (χ4v) is 3.11. The molecular weight excluding hydrogens is 264 g/mol. The molecule has 0 saturated carbocycles. The number of nitrogens with zero attached hydrogens (tertiary/aromatic N) is 2. The minimum absolute atomic E-state index is 0.616. The third kappa shape index (κ3) is 2.34. The van der Waals surface area contributed by atoms with Crippen molar-refractivity contribution in [3.05, 3.63) is 66.0 Å². The first-order chi connectivity index (χ1) is 9.78. The Balaban J connectivity index is 2.02. The van der Waals surface area contributed by atoms with Crippen molar-refractivity contribution in [1.82, 2.24) is 4.98 Å². The lowest BCUT2D eigenvalue weighted by molar-refractivity contribution is 1.31. The van der Waals surface area contributed by atoms with Gasteiger partial charge in [-0.2, -0.15) is 5.26 Å². The van der Waals surface area contributed by atoms with E-state index in [9.17, 15) is 0 Å². The molecule has 0 fully saturated rings.